The summed E-state index contributed by atoms with van der Waals surface area (Å²) >= 11 is 0. The van der Waals surface area contributed by atoms with Gasteiger partial charge in [-0.2, -0.15) is 16.8 Å². The van der Waals surface area contributed by atoms with E-state index in [-0.39, 0.29) is 21.3 Å². The topological polar surface area (TPSA) is 149 Å². The van der Waals surface area contributed by atoms with Gasteiger partial charge in [-0.25, -0.2) is 0 Å². The van der Waals surface area contributed by atoms with E-state index in [1.54, 1.807) is 42.5 Å². The van der Waals surface area contributed by atoms with Crippen LogP contribution in [0.4, 0.5) is 0 Å². The molecule has 4 aromatic carbocycles. The van der Waals surface area contributed by atoms with Gasteiger partial charge in [0.15, 0.2) is 0 Å². The van der Waals surface area contributed by atoms with Crippen molar-refractivity contribution >= 4 is 20.2 Å². The molecule has 0 amide bonds. The molecule has 10 heteroatoms. The van der Waals surface area contributed by atoms with Crippen LogP contribution in [-0.4, -0.2) is 36.2 Å². The molecule has 0 aliphatic rings. The van der Waals surface area contributed by atoms with Gasteiger partial charge in [-0.15, -0.1) is 0 Å². The second-order valence-corrected chi connectivity index (χ2v) is 10.3. The Labute approximate surface area is 203 Å². The predicted octanol–water partition coefficient (Wildman–Crippen LogP) is 4.92. The number of hydrogen-bond donors (Lipinski definition) is 4. The minimum Gasteiger partial charge on any atom is -0.508 e. The van der Waals surface area contributed by atoms with Crippen molar-refractivity contribution in [3.63, 3.8) is 0 Å². The van der Waals surface area contributed by atoms with Crippen LogP contribution in [0.25, 0.3) is 22.3 Å². The number of phenolic OH excluding ortho intramolecular Hbond substituents is 2. The second kappa shape index (κ2) is 10.3. The lowest BCUT2D eigenvalue weighted by Gasteiger charge is -2.08. The zero-order chi connectivity index (χ0) is 25.8. The van der Waals surface area contributed by atoms with E-state index >= 15 is 0 Å². The third-order valence-corrected chi connectivity index (χ3v) is 6.79. The average molecular weight is 515 g/mol. The Bertz CT molecular complexity index is 1540. The Morgan fingerprint density at radius 3 is 1.54 bits per heavy atom. The Morgan fingerprint density at radius 2 is 1.06 bits per heavy atom. The van der Waals surface area contributed by atoms with Crippen LogP contribution in [0.1, 0.15) is 5.56 Å². The highest BCUT2D eigenvalue weighted by Gasteiger charge is 2.15. The molecule has 0 atom stereocenters. The molecule has 0 unspecified atom stereocenters. The van der Waals surface area contributed by atoms with Crippen molar-refractivity contribution in [3.8, 4) is 33.8 Å². The zero-order valence-corrected chi connectivity index (χ0v) is 20.0. The van der Waals surface area contributed by atoms with Crippen LogP contribution in [0.15, 0.2) is 101 Å². The highest BCUT2D eigenvalue weighted by Crippen LogP contribution is 2.29. The maximum absolute atomic E-state index is 11.2. The summed E-state index contributed by atoms with van der Waals surface area (Å²) in [5, 5.41) is 18.4. The minimum atomic E-state index is -4.25. The fraction of sp³-hybridized carbons (Fsp3) is 0.0400. The van der Waals surface area contributed by atoms with Crippen molar-refractivity contribution < 1.29 is 36.2 Å². The monoisotopic (exact) mass is 514 g/mol. The number of rotatable bonds is 4. The molecule has 0 fully saturated rings. The van der Waals surface area contributed by atoms with E-state index in [2.05, 4.69) is 0 Å². The Morgan fingerprint density at radius 1 is 0.571 bits per heavy atom. The van der Waals surface area contributed by atoms with E-state index in [9.17, 15) is 21.9 Å². The highest BCUT2D eigenvalue weighted by atomic mass is 32.2. The molecule has 182 valence electrons. The quantitative estimate of drug-likeness (QED) is 0.280. The Hall–Kier alpha value is -3.70. The Kier molecular flexibility index (Phi) is 7.61. The van der Waals surface area contributed by atoms with Crippen molar-refractivity contribution in [2.45, 2.75) is 16.7 Å². The summed E-state index contributed by atoms with van der Waals surface area (Å²) in [6, 6.07) is 23.0. The number of aromatic hydroxyl groups is 2. The summed E-state index contributed by atoms with van der Waals surface area (Å²) in [6.45, 7) is 1.84. The summed E-state index contributed by atoms with van der Waals surface area (Å²) in [4.78, 5) is -0.290. The molecule has 0 spiro atoms. The van der Waals surface area contributed by atoms with Gasteiger partial charge >= 0.3 is 0 Å². The summed E-state index contributed by atoms with van der Waals surface area (Å²) in [5.41, 5.74) is 3.36. The van der Waals surface area contributed by atoms with Gasteiger partial charge in [0.05, 0.1) is 4.90 Å². The zero-order valence-electron chi connectivity index (χ0n) is 18.4. The van der Waals surface area contributed by atoms with Crippen LogP contribution in [0.5, 0.6) is 11.5 Å². The van der Waals surface area contributed by atoms with E-state index in [4.69, 9.17) is 14.2 Å². The number of hydrogen-bond acceptors (Lipinski definition) is 6. The molecular formula is C25H22O8S2. The third-order valence-electron chi connectivity index (χ3n) is 5.03. The van der Waals surface area contributed by atoms with Crippen molar-refractivity contribution in [2.75, 3.05) is 0 Å². The largest absolute Gasteiger partial charge is 0.508 e. The highest BCUT2D eigenvalue weighted by molar-refractivity contribution is 7.86. The normalized spacial score (nSPS) is 11.4. The molecule has 0 bridgehead atoms. The van der Waals surface area contributed by atoms with E-state index < -0.39 is 20.2 Å². The number of benzene rings is 4. The van der Waals surface area contributed by atoms with Gasteiger partial charge in [-0.05, 0) is 71.6 Å². The summed E-state index contributed by atoms with van der Waals surface area (Å²) in [6.07, 6.45) is 0. The second-order valence-electron chi connectivity index (χ2n) is 7.52. The molecule has 4 rings (SSSR count). The first-order valence-corrected chi connectivity index (χ1v) is 13.0. The van der Waals surface area contributed by atoms with Crippen molar-refractivity contribution in [3.05, 3.63) is 96.6 Å². The lowest BCUT2D eigenvalue weighted by atomic mass is 10.0. The first-order valence-electron chi connectivity index (χ1n) is 10.1. The molecule has 0 aromatic heterocycles. The fourth-order valence-electron chi connectivity index (χ4n) is 3.28. The molecule has 4 N–H and O–H groups in total. The molecule has 8 nitrogen and oxygen atoms in total. The first kappa shape index (κ1) is 25.9. The maximum Gasteiger partial charge on any atom is 0.295 e. The SMILES string of the molecule is Cc1ccc(S(=O)(=O)O)cc1-c1ccc(O)cc1.O=S(=O)(O)c1ccccc1-c1ccc(O)cc1. The van der Waals surface area contributed by atoms with E-state index in [0.29, 0.717) is 16.7 Å². The lowest BCUT2D eigenvalue weighted by Crippen LogP contribution is -2.00. The van der Waals surface area contributed by atoms with Crippen molar-refractivity contribution in [1.29, 1.82) is 0 Å². The molecular weight excluding hydrogens is 492 g/mol. The molecule has 0 saturated carbocycles. The van der Waals surface area contributed by atoms with Crippen LogP contribution in [0.3, 0.4) is 0 Å². The van der Waals surface area contributed by atoms with E-state index in [0.717, 1.165) is 11.1 Å². The average Bonchev–Trinajstić information content (AvgIpc) is 2.80. The molecule has 0 heterocycles. The number of phenols is 2. The van der Waals surface area contributed by atoms with Gasteiger partial charge in [0, 0.05) is 5.56 Å². The Balaban J connectivity index is 0.000000196. The smallest absolute Gasteiger partial charge is 0.295 e. The van der Waals surface area contributed by atoms with Crippen LogP contribution >= 0.6 is 0 Å². The van der Waals surface area contributed by atoms with Crippen LogP contribution < -0.4 is 0 Å². The van der Waals surface area contributed by atoms with Gasteiger partial charge < -0.3 is 10.2 Å². The summed E-state index contributed by atoms with van der Waals surface area (Å²) < 4.78 is 62.7. The standard InChI is InChI=1S/C13H12O4S.C12H10O4S/c1-9-2-7-12(18(15,16)17)8-13(9)10-3-5-11(14)6-4-10;13-10-7-5-9(6-8-10)11-3-1-2-4-12(11)17(14,15)16/h2-8,14H,1H3,(H,15,16,17);1-8,13H,(H,14,15,16). The number of aryl methyl sites for hydroxylation is 1. The van der Waals surface area contributed by atoms with Gasteiger partial charge in [-0.3, -0.25) is 9.11 Å². The van der Waals surface area contributed by atoms with Crippen LogP contribution in [0, 0.1) is 6.92 Å². The maximum atomic E-state index is 11.2. The summed E-state index contributed by atoms with van der Waals surface area (Å²) in [5.74, 6) is 0.237. The van der Waals surface area contributed by atoms with Crippen molar-refractivity contribution in [2.24, 2.45) is 0 Å². The molecule has 0 radical (unpaired) electrons. The molecule has 0 aliphatic heterocycles. The first-order chi connectivity index (χ1) is 16.4. The lowest BCUT2D eigenvalue weighted by molar-refractivity contribution is 0.475. The van der Waals surface area contributed by atoms with E-state index in [1.807, 2.05) is 6.92 Å². The fourth-order valence-corrected chi connectivity index (χ4v) is 4.51. The third kappa shape index (κ3) is 6.67. The van der Waals surface area contributed by atoms with Gasteiger partial charge in [-0.1, -0.05) is 48.5 Å². The van der Waals surface area contributed by atoms with Crippen LogP contribution in [0.2, 0.25) is 0 Å². The van der Waals surface area contributed by atoms with Gasteiger partial charge in [0.1, 0.15) is 16.4 Å². The minimum absolute atomic E-state index is 0.0955. The molecule has 0 aliphatic carbocycles. The molecule has 0 saturated heterocycles. The van der Waals surface area contributed by atoms with Crippen LogP contribution in [-0.2, 0) is 20.2 Å². The van der Waals surface area contributed by atoms with Crippen molar-refractivity contribution in [1.82, 2.24) is 0 Å². The summed E-state index contributed by atoms with van der Waals surface area (Å²) in [7, 11) is -8.46. The van der Waals surface area contributed by atoms with Gasteiger partial charge in [0.25, 0.3) is 20.2 Å². The van der Waals surface area contributed by atoms with Gasteiger partial charge in [0.2, 0.25) is 0 Å². The predicted molar refractivity (Wildman–Crippen MR) is 131 cm³/mol. The molecule has 35 heavy (non-hydrogen) atoms. The molecule has 4 aromatic rings. The van der Waals surface area contributed by atoms with E-state index in [1.165, 1.54) is 48.5 Å².